The first-order chi connectivity index (χ1) is 11.7. The Kier molecular flexibility index (Phi) is 5.87. The average Bonchev–Trinajstić information content (AvgIpc) is 2.52. The zero-order valence-electron chi connectivity index (χ0n) is 14.6. The highest BCUT2D eigenvalue weighted by atomic mass is 16.6. The van der Waals surface area contributed by atoms with E-state index in [1.54, 1.807) is 24.5 Å². The highest BCUT2D eigenvalue weighted by Gasteiger charge is 2.21. The minimum atomic E-state index is -0.920. The van der Waals surface area contributed by atoms with Crippen LogP contribution >= 0.6 is 0 Å². The molecular weight excluding hydrogens is 322 g/mol. The van der Waals surface area contributed by atoms with E-state index in [9.17, 15) is 4.79 Å². The number of carbonyl (C=O) groups excluding carboxylic acids is 1. The number of nitrogens with zero attached hydrogens (tertiary/aromatic N) is 3. The molecule has 0 bridgehead atoms. The molecule has 1 amide bonds. The summed E-state index contributed by atoms with van der Waals surface area (Å²) >= 11 is 0. The number of rotatable bonds is 7. The minimum absolute atomic E-state index is 0.109. The van der Waals surface area contributed by atoms with Crippen LogP contribution in [0.5, 0.6) is 11.9 Å². The second kappa shape index (κ2) is 7.89. The summed E-state index contributed by atoms with van der Waals surface area (Å²) in [7, 11) is 0. The van der Waals surface area contributed by atoms with E-state index in [0.29, 0.717) is 12.5 Å². The fourth-order valence-electron chi connectivity index (χ4n) is 2.51. The van der Waals surface area contributed by atoms with E-state index in [4.69, 9.17) is 20.9 Å². The van der Waals surface area contributed by atoms with Gasteiger partial charge in [0.2, 0.25) is 5.88 Å². The van der Waals surface area contributed by atoms with Gasteiger partial charge >= 0.3 is 12.1 Å². The molecule has 0 fully saturated rings. The molecule has 0 radical (unpaired) electrons. The molecule has 134 valence electrons. The Hall–Kier alpha value is -2.74. The van der Waals surface area contributed by atoms with Crippen molar-refractivity contribution in [2.75, 3.05) is 6.61 Å². The second-order valence-electron chi connectivity index (χ2n) is 6.60. The molecule has 2 aromatic heterocycles. The highest BCUT2D eigenvalue weighted by molar-refractivity contribution is 5.69. The van der Waals surface area contributed by atoms with Gasteiger partial charge < -0.3 is 20.9 Å². The Labute approximate surface area is 146 Å². The smallest absolute Gasteiger partial charge is 0.411 e. The van der Waals surface area contributed by atoms with Gasteiger partial charge in [-0.2, -0.15) is 0 Å². The molecule has 1 atom stereocenters. The minimum Gasteiger partial charge on any atom is -0.462 e. The number of hydrogen-bond acceptors (Lipinski definition) is 7. The maximum atomic E-state index is 10.8. The molecule has 0 saturated heterocycles. The molecule has 2 rings (SSSR count). The molecule has 0 saturated carbocycles. The van der Waals surface area contributed by atoms with E-state index in [1.807, 2.05) is 6.92 Å². The Morgan fingerprint density at radius 2 is 1.92 bits per heavy atom. The predicted molar refractivity (Wildman–Crippen MR) is 93.0 cm³/mol. The first kappa shape index (κ1) is 18.6. The van der Waals surface area contributed by atoms with Crippen LogP contribution in [0.1, 0.15) is 27.2 Å². The van der Waals surface area contributed by atoms with Crippen molar-refractivity contribution in [2.24, 2.45) is 17.4 Å². The predicted octanol–water partition coefficient (Wildman–Crippen LogP) is 2.14. The molecule has 2 aromatic rings. The van der Waals surface area contributed by atoms with Gasteiger partial charge in [0, 0.05) is 35.8 Å². The van der Waals surface area contributed by atoms with E-state index < -0.39 is 11.6 Å². The van der Waals surface area contributed by atoms with Crippen LogP contribution in [0.4, 0.5) is 4.79 Å². The summed E-state index contributed by atoms with van der Waals surface area (Å²) in [6, 6.07) is 3.57. The monoisotopic (exact) mass is 345 g/mol. The van der Waals surface area contributed by atoms with Gasteiger partial charge in [-0.1, -0.05) is 13.8 Å². The lowest BCUT2D eigenvalue weighted by Crippen LogP contribution is -2.43. The number of primary amides is 1. The van der Waals surface area contributed by atoms with Crippen LogP contribution in [0.25, 0.3) is 11.1 Å². The van der Waals surface area contributed by atoms with Gasteiger partial charge in [0.05, 0.1) is 0 Å². The van der Waals surface area contributed by atoms with Gasteiger partial charge in [0.1, 0.15) is 6.61 Å². The van der Waals surface area contributed by atoms with Crippen LogP contribution in [0, 0.1) is 5.92 Å². The highest BCUT2D eigenvalue weighted by Crippen LogP contribution is 2.22. The average molecular weight is 345 g/mol. The van der Waals surface area contributed by atoms with Gasteiger partial charge in [0.25, 0.3) is 0 Å². The standard InChI is InChI=1S/C17H23N5O3/c1-11(2)7-17(3,19)10-24-16-21-8-13(9-22-16)12-4-5-20-14(6-12)25-15(18)23/h4-6,8-9,11H,7,10,19H2,1-3H3,(H2,18,23)/t17-/m0/s1. The Morgan fingerprint density at radius 1 is 1.24 bits per heavy atom. The fourth-order valence-corrected chi connectivity index (χ4v) is 2.51. The van der Waals surface area contributed by atoms with Gasteiger partial charge in [0.15, 0.2) is 0 Å². The van der Waals surface area contributed by atoms with Crippen LogP contribution < -0.4 is 20.9 Å². The molecule has 4 N–H and O–H groups in total. The van der Waals surface area contributed by atoms with Crippen molar-refractivity contribution < 1.29 is 14.3 Å². The largest absolute Gasteiger partial charge is 0.462 e. The molecule has 8 nitrogen and oxygen atoms in total. The van der Waals surface area contributed by atoms with Crippen LogP contribution in [0.3, 0.4) is 0 Å². The van der Waals surface area contributed by atoms with Crippen molar-refractivity contribution in [1.82, 2.24) is 15.0 Å². The van der Waals surface area contributed by atoms with E-state index in [1.165, 1.54) is 6.20 Å². The molecule has 0 aliphatic carbocycles. The third-order valence-corrected chi connectivity index (χ3v) is 3.31. The Morgan fingerprint density at radius 3 is 2.52 bits per heavy atom. The number of carbonyl (C=O) groups is 1. The molecule has 0 unspecified atom stereocenters. The molecular formula is C17H23N5O3. The SMILES string of the molecule is CC(C)C[C@](C)(N)COc1ncc(-c2ccnc(OC(N)=O)c2)cn1. The lowest BCUT2D eigenvalue weighted by Gasteiger charge is -2.25. The van der Waals surface area contributed by atoms with Crippen LogP contribution in [-0.2, 0) is 0 Å². The number of pyridine rings is 1. The fraction of sp³-hybridized carbons (Fsp3) is 0.412. The molecule has 0 aromatic carbocycles. The van der Waals surface area contributed by atoms with Crippen molar-refractivity contribution in [3.63, 3.8) is 0 Å². The maximum absolute atomic E-state index is 10.8. The number of nitrogens with two attached hydrogens (primary N) is 2. The van der Waals surface area contributed by atoms with Crippen LogP contribution in [0.15, 0.2) is 30.7 Å². The summed E-state index contributed by atoms with van der Waals surface area (Å²) in [5.41, 5.74) is 12.2. The van der Waals surface area contributed by atoms with Crippen molar-refractivity contribution in [3.05, 3.63) is 30.7 Å². The Balaban J connectivity index is 2.03. The summed E-state index contributed by atoms with van der Waals surface area (Å²) in [4.78, 5) is 23.1. The third kappa shape index (κ3) is 6.00. The maximum Gasteiger partial charge on any atom is 0.411 e. The zero-order valence-corrected chi connectivity index (χ0v) is 14.6. The first-order valence-corrected chi connectivity index (χ1v) is 7.92. The van der Waals surface area contributed by atoms with Crippen molar-refractivity contribution in [3.8, 4) is 23.0 Å². The lowest BCUT2D eigenvalue weighted by atomic mass is 9.93. The number of aromatic nitrogens is 3. The van der Waals surface area contributed by atoms with Crippen LogP contribution in [-0.4, -0.2) is 33.2 Å². The van der Waals surface area contributed by atoms with E-state index in [0.717, 1.165) is 17.5 Å². The molecule has 25 heavy (non-hydrogen) atoms. The summed E-state index contributed by atoms with van der Waals surface area (Å²) in [6.07, 6.45) is 4.65. The molecule has 2 heterocycles. The molecule has 0 aliphatic heterocycles. The van der Waals surface area contributed by atoms with Gasteiger partial charge in [-0.05, 0) is 30.9 Å². The molecule has 8 heteroatoms. The van der Waals surface area contributed by atoms with Crippen molar-refractivity contribution in [1.29, 1.82) is 0 Å². The Bertz CT molecular complexity index is 716. The number of ether oxygens (including phenoxy) is 2. The summed E-state index contributed by atoms with van der Waals surface area (Å²) in [5.74, 6) is 0.586. The molecule has 0 aliphatic rings. The zero-order chi connectivity index (χ0) is 18.4. The summed E-state index contributed by atoms with van der Waals surface area (Å²) in [6.45, 7) is 6.50. The lowest BCUT2D eigenvalue weighted by molar-refractivity contribution is 0.194. The molecule has 0 spiro atoms. The van der Waals surface area contributed by atoms with Gasteiger partial charge in [-0.25, -0.2) is 19.7 Å². The van der Waals surface area contributed by atoms with Crippen LogP contribution in [0.2, 0.25) is 0 Å². The summed E-state index contributed by atoms with van der Waals surface area (Å²) < 4.78 is 10.3. The van der Waals surface area contributed by atoms with Gasteiger partial charge in [-0.3, -0.25) is 0 Å². The van der Waals surface area contributed by atoms with Crippen molar-refractivity contribution in [2.45, 2.75) is 32.7 Å². The van der Waals surface area contributed by atoms with E-state index >= 15 is 0 Å². The number of amides is 1. The quantitative estimate of drug-likeness (QED) is 0.787. The topological polar surface area (TPSA) is 126 Å². The third-order valence-electron chi connectivity index (χ3n) is 3.31. The normalized spacial score (nSPS) is 13.3. The number of hydrogen-bond donors (Lipinski definition) is 2. The first-order valence-electron chi connectivity index (χ1n) is 7.92. The van der Waals surface area contributed by atoms with Gasteiger partial charge in [-0.15, -0.1) is 0 Å². The van der Waals surface area contributed by atoms with E-state index in [-0.39, 0.29) is 11.9 Å². The van der Waals surface area contributed by atoms with E-state index in [2.05, 4.69) is 28.8 Å². The second-order valence-corrected chi connectivity index (χ2v) is 6.60. The summed E-state index contributed by atoms with van der Waals surface area (Å²) in [5, 5.41) is 0. The van der Waals surface area contributed by atoms with Crippen molar-refractivity contribution >= 4 is 6.09 Å².